The number of rotatable bonds is 11. The van der Waals surface area contributed by atoms with E-state index in [-0.39, 0.29) is 22.3 Å². The Morgan fingerprint density at radius 2 is 2.03 bits per heavy atom. The molecule has 1 unspecified atom stereocenters. The summed E-state index contributed by atoms with van der Waals surface area (Å²) in [6, 6.07) is 4.30. The van der Waals surface area contributed by atoms with Gasteiger partial charge in [-0.05, 0) is 38.0 Å². The minimum atomic E-state index is -3.84. The molecule has 0 spiro atoms. The van der Waals surface area contributed by atoms with Gasteiger partial charge in [0.1, 0.15) is 17.1 Å². The fraction of sp³-hybridized carbons (Fsp3) is 0.542. The fourth-order valence-electron chi connectivity index (χ4n) is 4.43. The first-order valence-corrected chi connectivity index (χ1v) is 13.8. The van der Waals surface area contributed by atoms with Crippen LogP contribution in [-0.4, -0.2) is 76.6 Å². The van der Waals surface area contributed by atoms with Gasteiger partial charge in [-0.25, -0.2) is 18.1 Å². The summed E-state index contributed by atoms with van der Waals surface area (Å²) in [5.74, 6) is 0.643. The van der Waals surface area contributed by atoms with Gasteiger partial charge in [0.25, 0.3) is 5.56 Å². The predicted molar refractivity (Wildman–Crippen MR) is 137 cm³/mol. The van der Waals surface area contributed by atoms with Crippen molar-refractivity contribution >= 4 is 21.1 Å². The number of fused-ring (bicyclic) bond motifs is 1. The number of likely N-dealkylation sites (tertiary alicyclic amines) is 1. The lowest BCUT2D eigenvalue weighted by Gasteiger charge is -2.40. The first kappa shape index (κ1) is 26.3. The van der Waals surface area contributed by atoms with Crippen LogP contribution in [0.25, 0.3) is 22.4 Å². The number of hydrogen-bond donors (Lipinski definition) is 3. The summed E-state index contributed by atoms with van der Waals surface area (Å²) in [5, 5.41) is 14.2. The molecule has 0 saturated carbocycles. The van der Waals surface area contributed by atoms with Crippen molar-refractivity contribution in [3.63, 3.8) is 0 Å². The van der Waals surface area contributed by atoms with Crippen LogP contribution in [0.1, 0.15) is 39.3 Å². The van der Waals surface area contributed by atoms with E-state index in [0.717, 1.165) is 6.42 Å². The molecule has 3 aromatic rings. The van der Waals surface area contributed by atoms with Crippen LogP contribution >= 0.6 is 0 Å². The Labute approximate surface area is 210 Å². The Morgan fingerprint density at radius 1 is 1.28 bits per heavy atom. The molecule has 1 saturated heterocycles. The number of H-pyrrole nitrogens is 1. The summed E-state index contributed by atoms with van der Waals surface area (Å²) in [4.78, 5) is 22.5. The molecule has 4 rings (SSSR count). The maximum Gasteiger partial charge on any atom is 0.277 e. The van der Waals surface area contributed by atoms with Crippen molar-refractivity contribution in [3.8, 4) is 17.1 Å². The zero-order valence-corrected chi connectivity index (χ0v) is 21.9. The first-order chi connectivity index (χ1) is 17.2. The Bertz CT molecular complexity index is 1390. The number of aliphatic hydroxyl groups is 1. The molecule has 1 aliphatic rings. The number of nitrogens with one attached hydrogen (secondary N) is 2. The number of sulfonamides is 1. The van der Waals surface area contributed by atoms with Gasteiger partial charge in [-0.2, -0.15) is 5.10 Å². The van der Waals surface area contributed by atoms with Crippen LogP contribution in [0.2, 0.25) is 0 Å². The lowest BCUT2D eigenvalue weighted by molar-refractivity contribution is 0.0606. The van der Waals surface area contributed by atoms with E-state index in [1.54, 1.807) is 13.1 Å². The first-order valence-electron chi connectivity index (χ1n) is 12.3. The molecule has 3 N–H and O–H groups in total. The number of aryl methyl sites for hydroxylation is 2. The van der Waals surface area contributed by atoms with Gasteiger partial charge in [-0.3, -0.25) is 14.4 Å². The highest BCUT2D eigenvalue weighted by Gasteiger charge is 2.32. The summed E-state index contributed by atoms with van der Waals surface area (Å²) < 4.78 is 36.3. The molecular formula is C24H34N6O5S. The zero-order valence-electron chi connectivity index (χ0n) is 21.1. The minimum Gasteiger partial charge on any atom is -0.493 e. The van der Waals surface area contributed by atoms with E-state index < -0.39 is 16.1 Å². The SMILES string of the molecule is CCCc1nn(C)c2c(=O)[nH]c(-c3cc(S(=O)(=O)NC4CN(CC(O)CC)C4)ccc3OCC)nc12. The highest BCUT2D eigenvalue weighted by atomic mass is 32.2. The number of benzene rings is 1. The molecule has 0 radical (unpaired) electrons. The second kappa shape index (κ2) is 10.7. The highest BCUT2D eigenvalue weighted by molar-refractivity contribution is 7.89. The third kappa shape index (κ3) is 5.31. The van der Waals surface area contributed by atoms with Gasteiger partial charge < -0.3 is 14.8 Å². The second-order valence-corrected chi connectivity index (χ2v) is 10.8. The van der Waals surface area contributed by atoms with E-state index in [1.165, 1.54) is 16.8 Å². The van der Waals surface area contributed by atoms with Gasteiger partial charge in [0.05, 0.1) is 28.9 Å². The summed E-state index contributed by atoms with van der Waals surface area (Å²) >= 11 is 0. The van der Waals surface area contributed by atoms with E-state index in [4.69, 9.17) is 4.74 Å². The standard InChI is InChI=1S/C24H34N6O5S/c1-5-8-19-21-22(29(4)27-19)24(32)26-23(25-21)18-11-17(9-10-20(18)35-7-3)36(33,34)28-15-12-30(13-15)14-16(31)6-2/h9-11,15-16,28,31H,5-8,12-14H2,1-4H3,(H,25,26,32). The van der Waals surface area contributed by atoms with Crippen LogP contribution in [0.15, 0.2) is 27.9 Å². The number of hydrogen-bond acceptors (Lipinski definition) is 8. The van der Waals surface area contributed by atoms with Crippen LogP contribution in [0.4, 0.5) is 0 Å². The van der Waals surface area contributed by atoms with Crippen molar-refractivity contribution < 1.29 is 18.3 Å². The lowest BCUT2D eigenvalue weighted by Crippen LogP contribution is -2.60. The molecule has 3 heterocycles. The monoisotopic (exact) mass is 518 g/mol. The molecule has 11 nitrogen and oxygen atoms in total. The molecule has 0 bridgehead atoms. The number of aromatic nitrogens is 4. The number of nitrogens with zero attached hydrogens (tertiary/aromatic N) is 4. The van der Waals surface area contributed by atoms with Crippen LogP contribution in [0.3, 0.4) is 0 Å². The van der Waals surface area contributed by atoms with E-state index in [1.807, 2.05) is 25.7 Å². The fourth-order valence-corrected chi connectivity index (χ4v) is 5.67. The Morgan fingerprint density at radius 3 is 2.69 bits per heavy atom. The molecule has 36 heavy (non-hydrogen) atoms. The minimum absolute atomic E-state index is 0.0516. The molecule has 1 fully saturated rings. The molecule has 0 amide bonds. The molecule has 0 aliphatic carbocycles. The summed E-state index contributed by atoms with van der Waals surface area (Å²) in [5.41, 5.74) is 1.61. The largest absolute Gasteiger partial charge is 0.493 e. The van der Waals surface area contributed by atoms with Crippen molar-refractivity contribution in [1.82, 2.24) is 29.4 Å². The smallest absolute Gasteiger partial charge is 0.277 e. The summed E-state index contributed by atoms with van der Waals surface area (Å²) in [6.07, 6.45) is 1.75. The maximum absolute atomic E-state index is 13.2. The van der Waals surface area contributed by atoms with E-state index in [2.05, 4.69) is 19.8 Å². The number of aromatic amines is 1. The number of ether oxygens (including phenoxy) is 1. The van der Waals surface area contributed by atoms with Gasteiger partial charge in [0.2, 0.25) is 10.0 Å². The number of aliphatic hydroxyl groups excluding tert-OH is 1. The maximum atomic E-state index is 13.2. The molecule has 1 aliphatic heterocycles. The van der Waals surface area contributed by atoms with Gasteiger partial charge in [-0.15, -0.1) is 0 Å². The average Bonchev–Trinajstić information content (AvgIpc) is 3.13. The third-order valence-corrected chi connectivity index (χ3v) is 7.80. The van der Waals surface area contributed by atoms with Gasteiger partial charge in [0, 0.05) is 32.7 Å². The van der Waals surface area contributed by atoms with Crippen molar-refractivity contribution in [2.45, 2.75) is 57.1 Å². The van der Waals surface area contributed by atoms with Crippen LogP contribution in [0, 0.1) is 0 Å². The van der Waals surface area contributed by atoms with Crippen LogP contribution in [0.5, 0.6) is 5.75 Å². The van der Waals surface area contributed by atoms with E-state index in [9.17, 15) is 18.3 Å². The van der Waals surface area contributed by atoms with E-state index in [0.29, 0.717) is 67.1 Å². The Kier molecular flexibility index (Phi) is 7.79. The van der Waals surface area contributed by atoms with Crippen LogP contribution in [-0.2, 0) is 23.5 Å². The topological polar surface area (TPSA) is 142 Å². The van der Waals surface area contributed by atoms with Crippen molar-refractivity contribution in [3.05, 3.63) is 34.2 Å². The van der Waals surface area contributed by atoms with Gasteiger partial charge in [0.15, 0.2) is 5.52 Å². The summed E-state index contributed by atoms with van der Waals surface area (Å²) in [7, 11) is -2.13. The third-order valence-electron chi connectivity index (χ3n) is 6.28. The van der Waals surface area contributed by atoms with Crippen molar-refractivity contribution in [2.24, 2.45) is 7.05 Å². The average molecular weight is 519 g/mol. The molecule has 12 heteroatoms. The highest BCUT2D eigenvalue weighted by Crippen LogP contribution is 2.31. The Balaban J connectivity index is 1.67. The number of β-amino-alcohol motifs (C(OH)–C–C–N with tert-alkyl or cyclic N) is 1. The van der Waals surface area contributed by atoms with Crippen LogP contribution < -0.4 is 15.0 Å². The Hall–Kier alpha value is -2.80. The van der Waals surface area contributed by atoms with E-state index >= 15 is 0 Å². The molecule has 1 atom stereocenters. The molecule has 1 aromatic carbocycles. The summed E-state index contributed by atoms with van der Waals surface area (Å²) in [6.45, 7) is 7.72. The van der Waals surface area contributed by atoms with Gasteiger partial charge in [-0.1, -0.05) is 20.3 Å². The van der Waals surface area contributed by atoms with Crippen molar-refractivity contribution in [2.75, 3.05) is 26.2 Å². The predicted octanol–water partition coefficient (Wildman–Crippen LogP) is 1.41. The lowest BCUT2D eigenvalue weighted by atomic mass is 10.1. The quantitative estimate of drug-likeness (QED) is 0.346. The molecule has 2 aromatic heterocycles. The zero-order chi connectivity index (χ0) is 26.0. The molecule has 196 valence electrons. The molecular weight excluding hydrogens is 484 g/mol. The normalized spacial score (nSPS) is 15.8. The second-order valence-electron chi connectivity index (χ2n) is 9.12. The van der Waals surface area contributed by atoms with Gasteiger partial charge >= 0.3 is 0 Å². The van der Waals surface area contributed by atoms with Crippen molar-refractivity contribution in [1.29, 1.82) is 0 Å².